The molecule has 1 heterocycles. The number of rotatable bonds is 5. The van der Waals surface area contributed by atoms with E-state index < -0.39 is 10.9 Å². The van der Waals surface area contributed by atoms with Crippen molar-refractivity contribution in [2.24, 2.45) is 0 Å². The highest BCUT2D eigenvalue weighted by atomic mass is 35.5. The van der Waals surface area contributed by atoms with Crippen LogP contribution in [0.25, 0.3) is 33.0 Å². The van der Waals surface area contributed by atoms with Crippen LogP contribution in [0.3, 0.4) is 0 Å². The van der Waals surface area contributed by atoms with Gasteiger partial charge in [-0.1, -0.05) is 41.4 Å². The van der Waals surface area contributed by atoms with Crippen molar-refractivity contribution in [3.63, 3.8) is 0 Å². The summed E-state index contributed by atoms with van der Waals surface area (Å²) in [7, 11) is 0. The second-order valence-electron chi connectivity index (χ2n) is 6.54. The average molecular weight is 471 g/mol. The van der Waals surface area contributed by atoms with Crippen molar-refractivity contribution in [2.45, 2.75) is 0 Å². The van der Waals surface area contributed by atoms with Crippen molar-refractivity contribution in [1.82, 2.24) is 4.98 Å². The quantitative estimate of drug-likeness (QED) is 0.249. The molecule has 0 bridgehead atoms. The molecule has 4 aromatic rings. The number of carboxylic acid groups (broad SMARTS) is 1. The fraction of sp³-hybridized carbons (Fsp3) is 0. The standard InChI is InChI=1S/C22H12Cl2N2O4S/c23-18-8-4-13(10-19(18)24)20-11-31-21(25-20)14-3-7-16(17(9-14)22(27)28)12-1-5-15(6-2-12)26(29)30/h1-11H,(H,27,28). The largest absolute Gasteiger partial charge is 0.478 e. The number of benzene rings is 3. The highest BCUT2D eigenvalue weighted by Crippen LogP contribution is 2.34. The maximum atomic E-state index is 11.9. The second-order valence-corrected chi connectivity index (χ2v) is 8.21. The van der Waals surface area contributed by atoms with Crippen LogP contribution in [-0.2, 0) is 0 Å². The first kappa shape index (κ1) is 21.0. The van der Waals surface area contributed by atoms with E-state index in [0.717, 1.165) is 5.56 Å². The second kappa shape index (κ2) is 8.47. The smallest absolute Gasteiger partial charge is 0.336 e. The molecule has 3 aromatic carbocycles. The number of carboxylic acids is 1. The van der Waals surface area contributed by atoms with Crippen LogP contribution in [0.15, 0.2) is 66.0 Å². The Bertz CT molecular complexity index is 1320. The normalized spacial score (nSPS) is 10.8. The number of halogens is 2. The molecule has 0 unspecified atom stereocenters. The molecule has 0 fully saturated rings. The molecule has 0 saturated heterocycles. The Labute approximate surface area is 190 Å². The van der Waals surface area contributed by atoms with Crippen molar-refractivity contribution in [3.05, 3.63) is 91.8 Å². The van der Waals surface area contributed by atoms with E-state index in [0.29, 0.717) is 37.4 Å². The van der Waals surface area contributed by atoms with Crippen molar-refractivity contribution in [3.8, 4) is 33.0 Å². The van der Waals surface area contributed by atoms with Crippen LogP contribution in [0.1, 0.15) is 10.4 Å². The van der Waals surface area contributed by atoms with Crippen LogP contribution in [0.4, 0.5) is 5.69 Å². The zero-order valence-corrected chi connectivity index (χ0v) is 17.9. The molecule has 6 nitrogen and oxygen atoms in total. The molecule has 154 valence electrons. The van der Waals surface area contributed by atoms with Gasteiger partial charge in [0.25, 0.3) is 5.69 Å². The third-order valence-electron chi connectivity index (χ3n) is 4.61. The third-order valence-corrected chi connectivity index (χ3v) is 6.24. The number of nitro benzene ring substituents is 1. The molecule has 1 N–H and O–H groups in total. The van der Waals surface area contributed by atoms with Crippen LogP contribution >= 0.6 is 34.5 Å². The van der Waals surface area contributed by atoms with E-state index in [2.05, 4.69) is 4.98 Å². The first-order valence-electron chi connectivity index (χ1n) is 8.87. The number of thiazole rings is 1. The molecule has 0 aliphatic rings. The zero-order valence-electron chi connectivity index (χ0n) is 15.6. The predicted octanol–water partition coefficient (Wildman–Crippen LogP) is 7.06. The molecule has 0 spiro atoms. The van der Waals surface area contributed by atoms with E-state index in [1.165, 1.54) is 35.6 Å². The lowest BCUT2D eigenvalue weighted by Gasteiger charge is -2.08. The monoisotopic (exact) mass is 470 g/mol. The maximum Gasteiger partial charge on any atom is 0.336 e. The number of hydrogen-bond donors (Lipinski definition) is 1. The summed E-state index contributed by atoms with van der Waals surface area (Å²) in [4.78, 5) is 26.9. The average Bonchev–Trinajstić information content (AvgIpc) is 3.25. The molecule has 0 aliphatic heterocycles. The van der Waals surface area contributed by atoms with Gasteiger partial charge in [-0.15, -0.1) is 11.3 Å². The summed E-state index contributed by atoms with van der Waals surface area (Å²) in [5.74, 6) is -1.10. The van der Waals surface area contributed by atoms with Gasteiger partial charge in [0.1, 0.15) is 5.01 Å². The lowest BCUT2D eigenvalue weighted by atomic mass is 9.97. The van der Waals surface area contributed by atoms with Crippen molar-refractivity contribution in [2.75, 3.05) is 0 Å². The Kier molecular flexibility index (Phi) is 5.73. The minimum Gasteiger partial charge on any atom is -0.478 e. The van der Waals surface area contributed by atoms with Gasteiger partial charge in [-0.2, -0.15) is 0 Å². The molecule has 1 aromatic heterocycles. The minimum absolute atomic E-state index is 0.0603. The van der Waals surface area contributed by atoms with E-state index >= 15 is 0 Å². The van der Waals surface area contributed by atoms with Gasteiger partial charge in [-0.05, 0) is 41.5 Å². The van der Waals surface area contributed by atoms with Gasteiger partial charge in [-0.25, -0.2) is 9.78 Å². The van der Waals surface area contributed by atoms with Crippen molar-refractivity contribution < 1.29 is 14.8 Å². The fourth-order valence-electron chi connectivity index (χ4n) is 3.06. The Balaban J connectivity index is 1.71. The molecule has 4 rings (SSSR count). The zero-order chi connectivity index (χ0) is 22.1. The number of aromatic carboxylic acids is 1. The van der Waals surface area contributed by atoms with Gasteiger partial charge in [0.05, 0.1) is 26.2 Å². The van der Waals surface area contributed by atoms with Gasteiger partial charge >= 0.3 is 5.97 Å². The predicted molar refractivity (Wildman–Crippen MR) is 122 cm³/mol. The summed E-state index contributed by atoms with van der Waals surface area (Å²) in [5.41, 5.74) is 3.22. The molecule has 9 heteroatoms. The van der Waals surface area contributed by atoms with E-state index in [1.807, 2.05) is 11.4 Å². The Hall–Kier alpha value is -3.26. The number of hydrogen-bond acceptors (Lipinski definition) is 5. The van der Waals surface area contributed by atoms with E-state index in [-0.39, 0.29) is 11.3 Å². The number of nitro groups is 1. The van der Waals surface area contributed by atoms with Gasteiger partial charge in [0.2, 0.25) is 0 Å². The van der Waals surface area contributed by atoms with Gasteiger partial charge < -0.3 is 5.11 Å². The number of carbonyl (C=O) groups is 1. The van der Waals surface area contributed by atoms with Crippen LogP contribution < -0.4 is 0 Å². The summed E-state index contributed by atoms with van der Waals surface area (Å²) in [6.07, 6.45) is 0. The molecule has 0 amide bonds. The van der Waals surface area contributed by atoms with Crippen LogP contribution in [0.5, 0.6) is 0 Å². The van der Waals surface area contributed by atoms with Crippen LogP contribution in [0, 0.1) is 10.1 Å². The molecule has 0 saturated carbocycles. The fourth-order valence-corrected chi connectivity index (χ4v) is 4.19. The maximum absolute atomic E-state index is 11.9. The summed E-state index contributed by atoms with van der Waals surface area (Å²) < 4.78 is 0. The number of non-ortho nitro benzene ring substituents is 1. The first-order chi connectivity index (χ1) is 14.8. The van der Waals surface area contributed by atoms with Crippen LogP contribution in [-0.4, -0.2) is 21.0 Å². The van der Waals surface area contributed by atoms with Crippen molar-refractivity contribution in [1.29, 1.82) is 0 Å². The van der Waals surface area contributed by atoms with Gasteiger partial charge in [-0.3, -0.25) is 10.1 Å². The highest BCUT2D eigenvalue weighted by Gasteiger charge is 2.16. The van der Waals surface area contributed by atoms with E-state index in [9.17, 15) is 20.0 Å². The van der Waals surface area contributed by atoms with Crippen LogP contribution in [0.2, 0.25) is 10.0 Å². The molecule has 0 radical (unpaired) electrons. The third kappa shape index (κ3) is 4.29. The Morgan fingerprint density at radius 2 is 1.61 bits per heavy atom. The summed E-state index contributed by atoms with van der Waals surface area (Å²) >= 11 is 13.4. The lowest BCUT2D eigenvalue weighted by molar-refractivity contribution is -0.384. The minimum atomic E-state index is -1.10. The molecule has 0 atom stereocenters. The summed E-state index contributed by atoms with van der Waals surface area (Å²) in [6, 6.07) is 16.0. The lowest BCUT2D eigenvalue weighted by Crippen LogP contribution is -2.00. The number of nitrogens with zero attached hydrogens (tertiary/aromatic N) is 2. The van der Waals surface area contributed by atoms with Gasteiger partial charge in [0.15, 0.2) is 0 Å². The Morgan fingerprint density at radius 1 is 0.935 bits per heavy atom. The summed E-state index contributed by atoms with van der Waals surface area (Å²) in [6.45, 7) is 0. The highest BCUT2D eigenvalue weighted by molar-refractivity contribution is 7.13. The van der Waals surface area contributed by atoms with E-state index in [4.69, 9.17) is 23.2 Å². The molecular weight excluding hydrogens is 459 g/mol. The summed E-state index contributed by atoms with van der Waals surface area (Å²) in [5, 5.41) is 24.0. The SMILES string of the molecule is O=C(O)c1cc(-c2nc(-c3ccc(Cl)c(Cl)c3)cs2)ccc1-c1ccc([N+](=O)[O-])cc1. The molecule has 0 aliphatic carbocycles. The Morgan fingerprint density at radius 3 is 2.26 bits per heavy atom. The van der Waals surface area contributed by atoms with Crippen molar-refractivity contribution >= 4 is 46.2 Å². The topological polar surface area (TPSA) is 93.3 Å². The molecular formula is C22H12Cl2N2O4S. The van der Waals surface area contributed by atoms with Gasteiger partial charge in [0, 0.05) is 28.6 Å². The molecule has 31 heavy (non-hydrogen) atoms. The first-order valence-corrected chi connectivity index (χ1v) is 10.5. The van der Waals surface area contributed by atoms with E-state index in [1.54, 1.807) is 30.3 Å². The number of aromatic nitrogens is 1.